The average Bonchev–Trinajstić information content (AvgIpc) is 2.50. The fraction of sp³-hybridized carbons (Fsp3) is 0.579. The van der Waals surface area contributed by atoms with Gasteiger partial charge >= 0.3 is 0 Å². The molecule has 0 saturated heterocycles. The maximum atomic E-state index is 12.4. The van der Waals surface area contributed by atoms with E-state index < -0.39 is 11.1 Å². The second-order valence-corrected chi connectivity index (χ2v) is 7.52. The van der Waals surface area contributed by atoms with Crippen LogP contribution in [-0.4, -0.2) is 35.1 Å². The minimum absolute atomic E-state index is 0.0338. The van der Waals surface area contributed by atoms with Crippen LogP contribution in [0.5, 0.6) is 0 Å². The Bertz CT molecular complexity index is 557. The van der Waals surface area contributed by atoms with Crippen LogP contribution in [-0.2, 0) is 11.2 Å². The van der Waals surface area contributed by atoms with Crippen molar-refractivity contribution in [2.45, 2.75) is 64.5 Å². The van der Waals surface area contributed by atoms with Crippen molar-refractivity contribution >= 4 is 11.8 Å². The van der Waals surface area contributed by atoms with Crippen molar-refractivity contribution in [3.63, 3.8) is 0 Å². The van der Waals surface area contributed by atoms with Crippen molar-refractivity contribution in [1.29, 1.82) is 0 Å². The number of benzene rings is 1. The Morgan fingerprint density at radius 3 is 2.12 bits per heavy atom. The highest BCUT2D eigenvalue weighted by atomic mass is 16.3. The molecular formula is C19H30N2O3. The lowest BCUT2D eigenvalue weighted by atomic mass is 9.96. The molecule has 0 saturated carbocycles. The number of rotatable bonds is 8. The molecule has 5 heteroatoms. The van der Waals surface area contributed by atoms with E-state index in [0.717, 1.165) is 12.0 Å². The normalized spacial score (nSPS) is 11.9. The molecule has 1 aromatic rings. The van der Waals surface area contributed by atoms with Gasteiger partial charge < -0.3 is 15.7 Å². The van der Waals surface area contributed by atoms with Gasteiger partial charge in [-0.05, 0) is 64.7 Å². The highest BCUT2D eigenvalue weighted by Crippen LogP contribution is 2.16. The Labute approximate surface area is 144 Å². The Balaban J connectivity index is 2.60. The highest BCUT2D eigenvalue weighted by molar-refractivity contribution is 5.94. The molecule has 0 heterocycles. The second-order valence-electron chi connectivity index (χ2n) is 7.52. The van der Waals surface area contributed by atoms with Crippen LogP contribution in [0.2, 0.25) is 0 Å². The van der Waals surface area contributed by atoms with Crippen LogP contribution in [0.1, 0.15) is 62.9 Å². The molecule has 0 unspecified atom stereocenters. The van der Waals surface area contributed by atoms with E-state index in [0.29, 0.717) is 24.8 Å². The van der Waals surface area contributed by atoms with Crippen molar-refractivity contribution < 1.29 is 14.7 Å². The molecule has 2 amide bonds. The molecular weight excluding hydrogens is 304 g/mol. The second kappa shape index (κ2) is 8.29. The summed E-state index contributed by atoms with van der Waals surface area (Å²) in [6, 6.07) is 7.42. The van der Waals surface area contributed by atoms with Gasteiger partial charge in [0.25, 0.3) is 5.91 Å². The summed E-state index contributed by atoms with van der Waals surface area (Å²) in [7, 11) is 1.60. The Morgan fingerprint density at radius 2 is 1.62 bits per heavy atom. The first-order valence-electron chi connectivity index (χ1n) is 8.37. The molecule has 0 atom stereocenters. The van der Waals surface area contributed by atoms with Crippen molar-refractivity contribution in [1.82, 2.24) is 10.6 Å². The quantitative estimate of drug-likeness (QED) is 0.683. The van der Waals surface area contributed by atoms with Crippen LogP contribution >= 0.6 is 0 Å². The predicted octanol–water partition coefficient (Wildman–Crippen LogP) is 2.42. The zero-order valence-electron chi connectivity index (χ0n) is 15.4. The summed E-state index contributed by atoms with van der Waals surface area (Å²) in [5.41, 5.74) is 0.538. The molecule has 0 spiro atoms. The summed E-state index contributed by atoms with van der Waals surface area (Å²) < 4.78 is 0. The number of hydrogen-bond donors (Lipinski definition) is 3. The number of aryl methyl sites for hydroxylation is 1. The van der Waals surface area contributed by atoms with Crippen molar-refractivity contribution in [3.8, 4) is 0 Å². The molecule has 5 nitrogen and oxygen atoms in total. The Hall–Kier alpha value is -1.88. The lowest BCUT2D eigenvalue weighted by Gasteiger charge is -2.26. The third-order valence-electron chi connectivity index (χ3n) is 3.95. The molecule has 0 aliphatic carbocycles. The third kappa shape index (κ3) is 7.59. The monoisotopic (exact) mass is 334 g/mol. The first kappa shape index (κ1) is 20.2. The van der Waals surface area contributed by atoms with Crippen LogP contribution < -0.4 is 10.6 Å². The van der Waals surface area contributed by atoms with Crippen LogP contribution in [0.25, 0.3) is 0 Å². The SMILES string of the molecule is CNC(=O)CCC(C)(C)NC(=O)c1ccc(CCC(C)(C)O)cc1. The standard InChI is InChI=1S/C19H30N2O3/c1-18(2,12-11-16(22)20-5)21-17(23)15-8-6-14(7-9-15)10-13-19(3,4)24/h6-9,24H,10-13H2,1-5H3,(H,20,22)(H,21,23). The van der Waals surface area contributed by atoms with E-state index >= 15 is 0 Å². The minimum atomic E-state index is -0.690. The third-order valence-corrected chi connectivity index (χ3v) is 3.95. The van der Waals surface area contributed by atoms with E-state index in [9.17, 15) is 14.7 Å². The van der Waals surface area contributed by atoms with Gasteiger partial charge in [0.05, 0.1) is 5.60 Å². The van der Waals surface area contributed by atoms with Gasteiger partial charge in [0.15, 0.2) is 0 Å². The van der Waals surface area contributed by atoms with Gasteiger partial charge in [-0.15, -0.1) is 0 Å². The average molecular weight is 334 g/mol. The van der Waals surface area contributed by atoms with Gasteiger partial charge in [-0.25, -0.2) is 0 Å². The number of amides is 2. The van der Waals surface area contributed by atoms with Gasteiger partial charge in [-0.2, -0.15) is 0 Å². The topological polar surface area (TPSA) is 78.4 Å². The molecule has 0 aliphatic heterocycles. The number of carbonyl (C=O) groups excluding carboxylic acids is 2. The van der Waals surface area contributed by atoms with E-state index in [4.69, 9.17) is 0 Å². The number of hydrogen-bond acceptors (Lipinski definition) is 3. The molecule has 3 N–H and O–H groups in total. The molecule has 24 heavy (non-hydrogen) atoms. The fourth-order valence-corrected chi connectivity index (χ4v) is 2.27. The summed E-state index contributed by atoms with van der Waals surface area (Å²) in [5, 5.41) is 15.3. The van der Waals surface area contributed by atoms with E-state index in [2.05, 4.69) is 10.6 Å². The summed E-state index contributed by atoms with van der Waals surface area (Å²) in [5.74, 6) is -0.181. The maximum absolute atomic E-state index is 12.4. The Kier molecular flexibility index (Phi) is 6.96. The molecule has 0 radical (unpaired) electrons. The lowest BCUT2D eigenvalue weighted by molar-refractivity contribution is -0.121. The molecule has 1 aromatic carbocycles. The fourth-order valence-electron chi connectivity index (χ4n) is 2.27. The highest BCUT2D eigenvalue weighted by Gasteiger charge is 2.22. The first-order valence-corrected chi connectivity index (χ1v) is 8.37. The van der Waals surface area contributed by atoms with E-state index in [1.54, 1.807) is 33.0 Å². The maximum Gasteiger partial charge on any atom is 0.251 e. The van der Waals surface area contributed by atoms with Crippen LogP contribution in [0.4, 0.5) is 0 Å². The van der Waals surface area contributed by atoms with Crippen molar-refractivity contribution in [2.75, 3.05) is 7.05 Å². The van der Waals surface area contributed by atoms with Gasteiger partial charge in [0, 0.05) is 24.6 Å². The molecule has 0 aromatic heterocycles. The lowest BCUT2D eigenvalue weighted by Crippen LogP contribution is -2.44. The minimum Gasteiger partial charge on any atom is -0.390 e. The van der Waals surface area contributed by atoms with Crippen LogP contribution in [0, 0.1) is 0 Å². The zero-order valence-corrected chi connectivity index (χ0v) is 15.4. The van der Waals surface area contributed by atoms with Gasteiger partial charge in [0.2, 0.25) is 5.91 Å². The number of carbonyl (C=O) groups is 2. The van der Waals surface area contributed by atoms with E-state index in [1.165, 1.54) is 0 Å². The predicted molar refractivity (Wildman–Crippen MR) is 95.9 cm³/mol. The molecule has 0 fully saturated rings. The largest absolute Gasteiger partial charge is 0.390 e. The van der Waals surface area contributed by atoms with Gasteiger partial charge in [-0.1, -0.05) is 12.1 Å². The molecule has 0 bridgehead atoms. The number of nitrogens with one attached hydrogen (secondary N) is 2. The van der Waals surface area contributed by atoms with Gasteiger partial charge in [-0.3, -0.25) is 9.59 Å². The smallest absolute Gasteiger partial charge is 0.251 e. The summed E-state index contributed by atoms with van der Waals surface area (Å²) in [6.07, 6.45) is 2.38. The summed E-state index contributed by atoms with van der Waals surface area (Å²) in [4.78, 5) is 23.7. The van der Waals surface area contributed by atoms with Crippen molar-refractivity contribution in [2.24, 2.45) is 0 Å². The first-order chi connectivity index (χ1) is 11.0. The Morgan fingerprint density at radius 1 is 1.04 bits per heavy atom. The molecule has 134 valence electrons. The molecule has 1 rings (SSSR count). The number of aliphatic hydroxyl groups is 1. The van der Waals surface area contributed by atoms with Crippen LogP contribution in [0.15, 0.2) is 24.3 Å². The molecule has 0 aliphatic rings. The van der Waals surface area contributed by atoms with Crippen molar-refractivity contribution in [3.05, 3.63) is 35.4 Å². The van der Waals surface area contributed by atoms with Gasteiger partial charge in [0.1, 0.15) is 0 Å². The summed E-state index contributed by atoms with van der Waals surface area (Å²) >= 11 is 0. The van der Waals surface area contributed by atoms with E-state index in [-0.39, 0.29) is 11.8 Å². The van der Waals surface area contributed by atoms with Crippen LogP contribution in [0.3, 0.4) is 0 Å². The summed E-state index contributed by atoms with van der Waals surface area (Å²) in [6.45, 7) is 7.39. The zero-order chi connectivity index (χ0) is 18.4. The van der Waals surface area contributed by atoms with E-state index in [1.807, 2.05) is 26.0 Å².